The van der Waals surface area contributed by atoms with Crippen LogP contribution in [-0.4, -0.2) is 32.4 Å². The smallest absolute Gasteiger partial charge is 0.336 e. The number of hydrogen-bond donors (Lipinski definition) is 1. The van der Waals surface area contributed by atoms with Crippen LogP contribution in [0.4, 0.5) is 0 Å². The molecule has 1 aromatic heterocycles. The molecule has 0 radical (unpaired) electrons. The van der Waals surface area contributed by atoms with Gasteiger partial charge >= 0.3 is 5.63 Å². The Morgan fingerprint density at radius 1 is 1.38 bits per heavy atom. The third kappa shape index (κ3) is 3.25. The van der Waals surface area contributed by atoms with Crippen LogP contribution in [0, 0.1) is 0 Å². The van der Waals surface area contributed by atoms with Crippen molar-refractivity contribution in [2.45, 2.75) is 19.4 Å². The fourth-order valence-corrected chi connectivity index (χ4v) is 2.51. The summed E-state index contributed by atoms with van der Waals surface area (Å²) in [6, 6.07) is 7.15. The largest absolute Gasteiger partial charge is 0.491 e. The Kier molecular flexibility index (Phi) is 4.22. The highest BCUT2D eigenvalue weighted by Crippen LogP contribution is 2.23. The van der Waals surface area contributed by atoms with Crippen molar-refractivity contribution >= 4 is 11.0 Å². The van der Waals surface area contributed by atoms with Gasteiger partial charge < -0.3 is 19.2 Å². The van der Waals surface area contributed by atoms with Gasteiger partial charge in [0.1, 0.15) is 24.0 Å². The molecule has 1 atom stereocenters. The third-order valence-corrected chi connectivity index (χ3v) is 3.62. The van der Waals surface area contributed by atoms with Crippen molar-refractivity contribution in [3.05, 3.63) is 40.2 Å². The lowest BCUT2D eigenvalue weighted by atomic mass is 10.1. The third-order valence-electron chi connectivity index (χ3n) is 3.62. The number of ether oxygens (including phenoxy) is 2. The molecule has 1 saturated heterocycles. The molecule has 21 heavy (non-hydrogen) atoms. The number of nitrogens with one attached hydrogen (secondary N) is 1. The normalized spacial score (nSPS) is 18.8. The van der Waals surface area contributed by atoms with E-state index in [1.165, 1.54) is 0 Å². The van der Waals surface area contributed by atoms with Crippen LogP contribution in [0.25, 0.3) is 11.0 Å². The maximum Gasteiger partial charge on any atom is 0.336 e. The summed E-state index contributed by atoms with van der Waals surface area (Å²) >= 11 is 0. The van der Waals surface area contributed by atoms with Crippen molar-refractivity contribution in [3.8, 4) is 5.75 Å². The standard InChI is InChI=1S/C16H19NO4/c1-2-11-7-16(18)21-15-8-12(3-4-14(11)15)20-10-13-9-17-5-6-19-13/h3-4,7-8,13,17H,2,5-6,9-10H2,1H3. The zero-order chi connectivity index (χ0) is 14.7. The van der Waals surface area contributed by atoms with E-state index >= 15 is 0 Å². The molecule has 1 unspecified atom stereocenters. The average Bonchev–Trinajstić information content (AvgIpc) is 2.52. The highest BCUT2D eigenvalue weighted by molar-refractivity contribution is 5.81. The Balaban J connectivity index is 1.78. The summed E-state index contributed by atoms with van der Waals surface area (Å²) in [6.45, 7) is 4.89. The first-order valence-corrected chi connectivity index (χ1v) is 7.28. The minimum absolute atomic E-state index is 0.0587. The molecule has 1 aliphatic rings. The lowest BCUT2D eigenvalue weighted by Crippen LogP contribution is -2.41. The van der Waals surface area contributed by atoms with E-state index in [2.05, 4.69) is 5.32 Å². The Bertz CT molecular complexity index is 674. The lowest BCUT2D eigenvalue weighted by Gasteiger charge is -2.23. The summed E-state index contributed by atoms with van der Waals surface area (Å²) in [4.78, 5) is 11.5. The predicted octanol–water partition coefficient (Wildman–Crippen LogP) is 1.72. The van der Waals surface area contributed by atoms with Crippen LogP contribution in [0.3, 0.4) is 0 Å². The number of benzene rings is 1. The minimum Gasteiger partial charge on any atom is -0.491 e. The first kappa shape index (κ1) is 14.1. The van der Waals surface area contributed by atoms with Crippen LogP contribution in [0.5, 0.6) is 5.75 Å². The van der Waals surface area contributed by atoms with Crippen molar-refractivity contribution in [2.75, 3.05) is 26.3 Å². The van der Waals surface area contributed by atoms with Crippen LogP contribution in [0.15, 0.2) is 33.5 Å². The summed E-state index contributed by atoms with van der Waals surface area (Å²) in [5, 5.41) is 4.22. The molecule has 2 heterocycles. The van der Waals surface area contributed by atoms with Crippen LogP contribution < -0.4 is 15.7 Å². The van der Waals surface area contributed by atoms with Crippen molar-refractivity contribution < 1.29 is 13.9 Å². The lowest BCUT2D eigenvalue weighted by molar-refractivity contribution is 0.000206. The Morgan fingerprint density at radius 2 is 2.29 bits per heavy atom. The molecular weight excluding hydrogens is 270 g/mol. The molecule has 1 aromatic carbocycles. The van der Waals surface area contributed by atoms with Gasteiger partial charge in [0, 0.05) is 30.6 Å². The minimum atomic E-state index is -0.323. The first-order valence-electron chi connectivity index (χ1n) is 7.28. The van der Waals surface area contributed by atoms with Crippen LogP contribution in [0.2, 0.25) is 0 Å². The maximum atomic E-state index is 11.5. The second-order valence-corrected chi connectivity index (χ2v) is 5.11. The fraction of sp³-hybridized carbons (Fsp3) is 0.438. The van der Waals surface area contributed by atoms with Gasteiger partial charge in [-0.2, -0.15) is 0 Å². The van der Waals surface area contributed by atoms with Crippen LogP contribution in [-0.2, 0) is 11.2 Å². The summed E-state index contributed by atoms with van der Waals surface area (Å²) in [5.74, 6) is 0.688. The highest BCUT2D eigenvalue weighted by atomic mass is 16.5. The molecule has 0 aliphatic carbocycles. The van der Waals surface area contributed by atoms with Gasteiger partial charge in [-0.3, -0.25) is 0 Å². The van der Waals surface area contributed by atoms with E-state index in [1.807, 2.05) is 19.1 Å². The van der Waals surface area contributed by atoms with Gasteiger partial charge in [-0.05, 0) is 24.1 Å². The summed E-state index contributed by atoms with van der Waals surface area (Å²) < 4.78 is 16.6. The Labute approximate surface area is 122 Å². The second-order valence-electron chi connectivity index (χ2n) is 5.11. The number of rotatable bonds is 4. The van der Waals surface area contributed by atoms with E-state index in [1.54, 1.807) is 12.1 Å². The molecule has 1 aliphatic heterocycles. The van der Waals surface area contributed by atoms with Crippen LogP contribution in [0.1, 0.15) is 12.5 Å². The molecule has 0 saturated carbocycles. The van der Waals surface area contributed by atoms with Gasteiger partial charge in [-0.25, -0.2) is 4.79 Å². The van der Waals surface area contributed by atoms with E-state index in [9.17, 15) is 4.79 Å². The molecule has 112 valence electrons. The van der Waals surface area contributed by atoms with Gasteiger partial charge in [0.25, 0.3) is 0 Å². The zero-order valence-corrected chi connectivity index (χ0v) is 12.1. The Hall–Kier alpha value is -1.85. The molecule has 5 nitrogen and oxygen atoms in total. The fourth-order valence-electron chi connectivity index (χ4n) is 2.51. The van der Waals surface area contributed by atoms with Gasteiger partial charge in [0.2, 0.25) is 0 Å². The topological polar surface area (TPSA) is 60.7 Å². The number of morpholine rings is 1. The molecular formula is C16H19NO4. The molecule has 0 bridgehead atoms. The number of aryl methyl sites for hydroxylation is 1. The molecule has 0 amide bonds. The SMILES string of the molecule is CCc1cc(=O)oc2cc(OCC3CNCCO3)ccc12. The van der Waals surface area contributed by atoms with Gasteiger partial charge in [-0.1, -0.05) is 6.92 Å². The Morgan fingerprint density at radius 3 is 3.05 bits per heavy atom. The second kappa shape index (κ2) is 6.28. The van der Waals surface area contributed by atoms with E-state index < -0.39 is 0 Å². The molecule has 3 rings (SSSR count). The quantitative estimate of drug-likeness (QED) is 0.868. The first-order chi connectivity index (χ1) is 10.3. The van der Waals surface area contributed by atoms with E-state index in [0.717, 1.165) is 30.5 Å². The van der Waals surface area contributed by atoms with Crippen molar-refractivity contribution in [2.24, 2.45) is 0 Å². The highest BCUT2D eigenvalue weighted by Gasteiger charge is 2.14. The van der Waals surface area contributed by atoms with Gasteiger partial charge in [-0.15, -0.1) is 0 Å². The van der Waals surface area contributed by atoms with E-state index in [0.29, 0.717) is 24.5 Å². The van der Waals surface area contributed by atoms with Crippen molar-refractivity contribution in [3.63, 3.8) is 0 Å². The van der Waals surface area contributed by atoms with E-state index in [4.69, 9.17) is 13.9 Å². The maximum absolute atomic E-state index is 11.5. The van der Waals surface area contributed by atoms with Gasteiger partial charge in [0.15, 0.2) is 0 Å². The summed E-state index contributed by atoms with van der Waals surface area (Å²) in [5.41, 5.74) is 1.24. The zero-order valence-electron chi connectivity index (χ0n) is 12.1. The predicted molar refractivity (Wildman–Crippen MR) is 80.0 cm³/mol. The van der Waals surface area contributed by atoms with E-state index in [-0.39, 0.29) is 11.7 Å². The van der Waals surface area contributed by atoms with Crippen molar-refractivity contribution in [1.82, 2.24) is 5.32 Å². The summed E-state index contributed by atoms with van der Waals surface area (Å²) in [6.07, 6.45) is 0.854. The number of hydrogen-bond acceptors (Lipinski definition) is 5. The molecule has 1 fully saturated rings. The van der Waals surface area contributed by atoms with Crippen LogP contribution >= 0.6 is 0 Å². The molecule has 0 spiro atoms. The molecule has 5 heteroatoms. The molecule has 1 N–H and O–H groups in total. The molecule has 2 aromatic rings. The average molecular weight is 289 g/mol. The summed E-state index contributed by atoms with van der Waals surface area (Å²) in [7, 11) is 0. The number of fused-ring (bicyclic) bond motifs is 1. The monoisotopic (exact) mass is 289 g/mol. The van der Waals surface area contributed by atoms with Gasteiger partial charge in [0.05, 0.1) is 6.61 Å². The van der Waals surface area contributed by atoms with Crippen molar-refractivity contribution in [1.29, 1.82) is 0 Å².